The van der Waals surface area contributed by atoms with Crippen molar-refractivity contribution in [3.8, 4) is 0 Å². The molecule has 0 amide bonds. The molecule has 1 unspecified atom stereocenters. The van der Waals surface area contributed by atoms with Crippen molar-refractivity contribution in [2.24, 2.45) is 0 Å². The summed E-state index contributed by atoms with van der Waals surface area (Å²) < 4.78 is 1.20. The van der Waals surface area contributed by atoms with E-state index in [1.807, 2.05) is 0 Å². The fourth-order valence-corrected chi connectivity index (χ4v) is 3.18. The highest BCUT2D eigenvalue weighted by atomic mass is 79.9. The first-order valence-corrected chi connectivity index (χ1v) is 6.42. The fourth-order valence-electron chi connectivity index (χ4n) is 1.28. The van der Waals surface area contributed by atoms with E-state index in [0.29, 0.717) is 6.04 Å². The van der Waals surface area contributed by atoms with Gasteiger partial charge in [-0.15, -0.1) is 11.3 Å². The molecule has 0 saturated heterocycles. The van der Waals surface area contributed by atoms with Crippen molar-refractivity contribution < 1.29 is 0 Å². The molecule has 0 aromatic carbocycles. The highest BCUT2D eigenvalue weighted by Crippen LogP contribution is 2.31. The summed E-state index contributed by atoms with van der Waals surface area (Å²) in [7, 11) is 4.23. The maximum atomic E-state index is 4.28. The first-order valence-electron chi connectivity index (χ1n) is 4.17. The molecule has 1 aromatic heterocycles. The summed E-state index contributed by atoms with van der Waals surface area (Å²) in [4.78, 5) is 3.65. The van der Waals surface area contributed by atoms with Crippen molar-refractivity contribution in [1.82, 2.24) is 4.90 Å². The summed E-state index contributed by atoms with van der Waals surface area (Å²) in [6.07, 6.45) is 1.10. The number of thiophene rings is 1. The van der Waals surface area contributed by atoms with E-state index in [1.54, 1.807) is 11.3 Å². The van der Waals surface area contributed by atoms with E-state index < -0.39 is 0 Å². The SMILES string of the molecule is CN(C)C(CCS)c1ccc(Br)s1. The Bertz CT molecular complexity index is 260. The molecule has 74 valence electrons. The molecule has 13 heavy (non-hydrogen) atoms. The Morgan fingerprint density at radius 1 is 1.54 bits per heavy atom. The molecule has 0 saturated carbocycles. The lowest BCUT2D eigenvalue weighted by molar-refractivity contribution is 0.298. The Hall–Kier alpha value is 0.490. The van der Waals surface area contributed by atoms with Gasteiger partial charge in [0.2, 0.25) is 0 Å². The van der Waals surface area contributed by atoms with Crippen LogP contribution in [0.2, 0.25) is 0 Å². The number of halogens is 1. The quantitative estimate of drug-likeness (QED) is 0.827. The molecule has 0 aliphatic heterocycles. The molecule has 0 fully saturated rings. The lowest BCUT2D eigenvalue weighted by Gasteiger charge is -2.22. The second kappa shape index (κ2) is 5.39. The van der Waals surface area contributed by atoms with Crippen LogP contribution in [0.5, 0.6) is 0 Å². The third kappa shape index (κ3) is 3.27. The molecule has 0 spiro atoms. The van der Waals surface area contributed by atoms with Crippen LogP contribution in [0.25, 0.3) is 0 Å². The van der Waals surface area contributed by atoms with Gasteiger partial charge in [-0.25, -0.2) is 0 Å². The minimum absolute atomic E-state index is 0.508. The molecule has 1 nitrogen and oxygen atoms in total. The molecule has 1 atom stereocenters. The summed E-state index contributed by atoms with van der Waals surface area (Å²) >= 11 is 9.56. The third-order valence-corrected chi connectivity index (χ3v) is 3.93. The molecular weight excluding hydrogens is 266 g/mol. The fraction of sp³-hybridized carbons (Fsp3) is 0.556. The van der Waals surface area contributed by atoms with Gasteiger partial charge in [-0.3, -0.25) is 0 Å². The monoisotopic (exact) mass is 279 g/mol. The normalized spacial score (nSPS) is 13.6. The molecule has 1 heterocycles. The number of rotatable bonds is 4. The van der Waals surface area contributed by atoms with Crippen LogP contribution < -0.4 is 0 Å². The van der Waals surface area contributed by atoms with Crippen molar-refractivity contribution >= 4 is 39.9 Å². The van der Waals surface area contributed by atoms with Crippen LogP contribution in [0.1, 0.15) is 17.3 Å². The van der Waals surface area contributed by atoms with E-state index in [2.05, 4.69) is 59.7 Å². The van der Waals surface area contributed by atoms with Crippen LogP contribution in [-0.4, -0.2) is 24.7 Å². The zero-order valence-corrected chi connectivity index (χ0v) is 11.1. The topological polar surface area (TPSA) is 3.24 Å². The van der Waals surface area contributed by atoms with E-state index >= 15 is 0 Å². The minimum Gasteiger partial charge on any atom is -0.302 e. The van der Waals surface area contributed by atoms with Crippen molar-refractivity contribution in [2.75, 3.05) is 19.8 Å². The lowest BCUT2D eigenvalue weighted by atomic mass is 10.2. The Balaban J connectivity index is 2.75. The number of nitrogens with zero attached hydrogens (tertiary/aromatic N) is 1. The largest absolute Gasteiger partial charge is 0.302 e. The summed E-state index contributed by atoms with van der Waals surface area (Å²) in [5, 5.41) is 0. The maximum Gasteiger partial charge on any atom is 0.0701 e. The standard InChI is InChI=1S/C9H14BrNS2/c1-11(2)7(5-6-12)8-3-4-9(10)13-8/h3-4,7,12H,5-6H2,1-2H3. The molecule has 0 aliphatic carbocycles. The van der Waals surface area contributed by atoms with E-state index in [0.717, 1.165) is 12.2 Å². The van der Waals surface area contributed by atoms with Crippen LogP contribution >= 0.6 is 39.9 Å². The molecule has 0 N–H and O–H groups in total. The van der Waals surface area contributed by atoms with E-state index in [1.165, 1.54) is 8.66 Å². The maximum absolute atomic E-state index is 4.28. The molecular formula is C9H14BrNS2. The summed E-state index contributed by atoms with van der Waals surface area (Å²) in [5.74, 6) is 0.929. The van der Waals surface area contributed by atoms with Crippen molar-refractivity contribution in [1.29, 1.82) is 0 Å². The van der Waals surface area contributed by atoms with Crippen molar-refractivity contribution in [3.63, 3.8) is 0 Å². The first kappa shape index (κ1) is 11.6. The Kier molecular flexibility index (Phi) is 4.80. The van der Waals surface area contributed by atoms with Crippen LogP contribution in [0.3, 0.4) is 0 Å². The van der Waals surface area contributed by atoms with Crippen LogP contribution in [-0.2, 0) is 0 Å². The van der Waals surface area contributed by atoms with Gasteiger partial charge in [0.1, 0.15) is 0 Å². The molecule has 1 aromatic rings. The van der Waals surface area contributed by atoms with E-state index in [-0.39, 0.29) is 0 Å². The number of hydrogen-bond acceptors (Lipinski definition) is 3. The van der Waals surface area contributed by atoms with E-state index in [4.69, 9.17) is 0 Å². The molecule has 4 heteroatoms. The van der Waals surface area contributed by atoms with Crippen LogP contribution in [0.15, 0.2) is 15.9 Å². The van der Waals surface area contributed by atoms with Gasteiger partial charge in [0, 0.05) is 10.9 Å². The second-order valence-electron chi connectivity index (χ2n) is 3.13. The van der Waals surface area contributed by atoms with Gasteiger partial charge in [0.05, 0.1) is 3.79 Å². The van der Waals surface area contributed by atoms with E-state index in [9.17, 15) is 0 Å². The predicted molar refractivity (Wildman–Crippen MR) is 66.9 cm³/mol. The third-order valence-electron chi connectivity index (χ3n) is 1.95. The van der Waals surface area contributed by atoms with Gasteiger partial charge in [-0.2, -0.15) is 12.6 Å². The smallest absolute Gasteiger partial charge is 0.0701 e. The van der Waals surface area contributed by atoms with Crippen LogP contribution in [0.4, 0.5) is 0 Å². The predicted octanol–water partition coefficient (Wildman–Crippen LogP) is 3.43. The molecule has 0 radical (unpaired) electrons. The zero-order chi connectivity index (χ0) is 9.84. The first-order chi connectivity index (χ1) is 6.15. The van der Waals surface area contributed by atoms with Crippen LogP contribution in [0, 0.1) is 0 Å². The van der Waals surface area contributed by atoms with Gasteiger partial charge in [0.15, 0.2) is 0 Å². The summed E-state index contributed by atoms with van der Waals surface area (Å²) in [6, 6.07) is 4.80. The summed E-state index contributed by atoms with van der Waals surface area (Å²) in [6.45, 7) is 0. The zero-order valence-electron chi connectivity index (χ0n) is 7.83. The highest BCUT2D eigenvalue weighted by molar-refractivity contribution is 9.11. The van der Waals surface area contributed by atoms with Gasteiger partial charge in [-0.1, -0.05) is 0 Å². The lowest BCUT2D eigenvalue weighted by Crippen LogP contribution is -2.19. The van der Waals surface area contributed by atoms with Gasteiger partial charge in [0.25, 0.3) is 0 Å². The van der Waals surface area contributed by atoms with Gasteiger partial charge in [-0.05, 0) is 54.3 Å². The Morgan fingerprint density at radius 3 is 2.62 bits per heavy atom. The average molecular weight is 280 g/mol. The highest BCUT2D eigenvalue weighted by Gasteiger charge is 2.14. The minimum atomic E-state index is 0.508. The number of hydrogen-bond donors (Lipinski definition) is 1. The average Bonchev–Trinajstić information content (AvgIpc) is 2.46. The summed E-state index contributed by atoms with van der Waals surface area (Å²) in [5.41, 5.74) is 0. The molecule has 1 rings (SSSR count). The van der Waals surface area contributed by atoms with Gasteiger partial charge < -0.3 is 4.90 Å². The Morgan fingerprint density at radius 2 is 2.23 bits per heavy atom. The molecule has 0 aliphatic rings. The van der Waals surface area contributed by atoms with Crippen molar-refractivity contribution in [3.05, 3.63) is 20.8 Å². The second-order valence-corrected chi connectivity index (χ2v) is 6.08. The molecule has 0 bridgehead atoms. The van der Waals surface area contributed by atoms with Crippen molar-refractivity contribution in [2.45, 2.75) is 12.5 Å². The number of thiol groups is 1. The van der Waals surface area contributed by atoms with Gasteiger partial charge >= 0.3 is 0 Å². The Labute approximate surface area is 97.7 Å².